The van der Waals surface area contributed by atoms with Gasteiger partial charge in [-0.2, -0.15) is 0 Å². The first-order valence-electron chi connectivity index (χ1n) is 6.63. The fourth-order valence-corrected chi connectivity index (χ4v) is 2.55. The van der Waals surface area contributed by atoms with E-state index >= 15 is 0 Å². The molecule has 2 unspecified atom stereocenters. The van der Waals surface area contributed by atoms with Gasteiger partial charge in [0, 0.05) is 6.04 Å². The SMILES string of the molecule is CNC1CCC(Oc2ccccc2C(C)C)C1. The van der Waals surface area contributed by atoms with Crippen LogP contribution < -0.4 is 10.1 Å². The molecule has 94 valence electrons. The molecule has 0 radical (unpaired) electrons. The van der Waals surface area contributed by atoms with E-state index in [1.165, 1.54) is 12.0 Å². The number of para-hydroxylation sites is 1. The van der Waals surface area contributed by atoms with E-state index in [9.17, 15) is 0 Å². The van der Waals surface area contributed by atoms with Crippen LogP contribution in [0.15, 0.2) is 24.3 Å². The Bertz CT molecular complexity index is 362. The van der Waals surface area contributed by atoms with Crippen molar-refractivity contribution in [1.82, 2.24) is 5.32 Å². The largest absolute Gasteiger partial charge is 0.490 e. The fraction of sp³-hybridized carbons (Fsp3) is 0.600. The van der Waals surface area contributed by atoms with Gasteiger partial charge in [-0.25, -0.2) is 0 Å². The first kappa shape index (κ1) is 12.4. The highest BCUT2D eigenvalue weighted by atomic mass is 16.5. The second kappa shape index (κ2) is 5.54. The molecule has 17 heavy (non-hydrogen) atoms. The average molecular weight is 233 g/mol. The molecule has 0 aromatic heterocycles. The minimum Gasteiger partial charge on any atom is -0.490 e. The van der Waals surface area contributed by atoms with E-state index in [1.54, 1.807) is 0 Å². The van der Waals surface area contributed by atoms with Gasteiger partial charge in [0.05, 0.1) is 0 Å². The molecule has 1 aromatic carbocycles. The molecule has 1 aliphatic rings. The Morgan fingerprint density at radius 3 is 2.65 bits per heavy atom. The van der Waals surface area contributed by atoms with Crippen LogP contribution >= 0.6 is 0 Å². The van der Waals surface area contributed by atoms with Crippen molar-refractivity contribution >= 4 is 0 Å². The number of benzene rings is 1. The summed E-state index contributed by atoms with van der Waals surface area (Å²) in [4.78, 5) is 0. The van der Waals surface area contributed by atoms with Crippen LogP contribution in [0.3, 0.4) is 0 Å². The summed E-state index contributed by atoms with van der Waals surface area (Å²) in [6, 6.07) is 9.05. The minimum atomic E-state index is 0.382. The van der Waals surface area contributed by atoms with E-state index in [2.05, 4.69) is 43.4 Å². The molecule has 1 aliphatic carbocycles. The first-order valence-corrected chi connectivity index (χ1v) is 6.63. The Labute approximate surface area is 104 Å². The van der Waals surface area contributed by atoms with Gasteiger partial charge in [0.1, 0.15) is 11.9 Å². The van der Waals surface area contributed by atoms with Crippen molar-refractivity contribution in [1.29, 1.82) is 0 Å². The predicted molar refractivity (Wildman–Crippen MR) is 71.6 cm³/mol. The molecule has 0 bridgehead atoms. The third kappa shape index (κ3) is 3.01. The summed E-state index contributed by atoms with van der Waals surface area (Å²) in [5.74, 6) is 1.59. The van der Waals surface area contributed by atoms with Gasteiger partial charge < -0.3 is 10.1 Å². The zero-order chi connectivity index (χ0) is 12.3. The van der Waals surface area contributed by atoms with Gasteiger partial charge in [0.15, 0.2) is 0 Å². The van der Waals surface area contributed by atoms with Crippen molar-refractivity contribution in [2.24, 2.45) is 0 Å². The van der Waals surface area contributed by atoms with Crippen LogP contribution in [0.5, 0.6) is 5.75 Å². The maximum Gasteiger partial charge on any atom is 0.123 e. The lowest BCUT2D eigenvalue weighted by Gasteiger charge is -2.18. The third-order valence-corrected chi connectivity index (χ3v) is 3.63. The molecule has 2 nitrogen and oxygen atoms in total. The number of rotatable bonds is 4. The van der Waals surface area contributed by atoms with E-state index in [1.807, 2.05) is 7.05 Å². The summed E-state index contributed by atoms with van der Waals surface area (Å²) in [5, 5.41) is 3.34. The lowest BCUT2D eigenvalue weighted by molar-refractivity contribution is 0.204. The molecule has 0 spiro atoms. The molecule has 1 fully saturated rings. The minimum absolute atomic E-state index is 0.382. The number of nitrogens with one attached hydrogen (secondary N) is 1. The van der Waals surface area contributed by atoms with E-state index in [0.29, 0.717) is 18.1 Å². The van der Waals surface area contributed by atoms with Crippen LogP contribution in [0.2, 0.25) is 0 Å². The van der Waals surface area contributed by atoms with Crippen LogP contribution in [0.1, 0.15) is 44.6 Å². The van der Waals surface area contributed by atoms with Gasteiger partial charge in [-0.15, -0.1) is 0 Å². The van der Waals surface area contributed by atoms with Crippen molar-refractivity contribution in [2.75, 3.05) is 7.05 Å². The van der Waals surface area contributed by atoms with Crippen LogP contribution in [0, 0.1) is 0 Å². The normalized spacial score (nSPS) is 24.2. The molecule has 0 heterocycles. The highest BCUT2D eigenvalue weighted by Gasteiger charge is 2.25. The first-order chi connectivity index (χ1) is 8.20. The fourth-order valence-electron chi connectivity index (χ4n) is 2.55. The molecule has 1 aromatic rings. The highest BCUT2D eigenvalue weighted by molar-refractivity contribution is 5.35. The van der Waals surface area contributed by atoms with E-state index in [-0.39, 0.29) is 0 Å². The maximum absolute atomic E-state index is 6.16. The Balaban J connectivity index is 2.04. The van der Waals surface area contributed by atoms with Gasteiger partial charge in [-0.3, -0.25) is 0 Å². The Hall–Kier alpha value is -1.02. The van der Waals surface area contributed by atoms with Crippen molar-refractivity contribution < 1.29 is 4.74 Å². The highest BCUT2D eigenvalue weighted by Crippen LogP contribution is 2.30. The quantitative estimate of drug-likeness (QED) is 0.861. The van der Waals surface area contributed by atoms with Gasteiger partial charge in [-0.05, 0) is 43.9 Å². The molecule has 0 amide bonds. The standard InChI is InChI=1S/C15H23NO/c1-11(2)14-6-4-5-7-15(14)17-13-9-8-12(10-13)16-3/h4-7,11-13,16H,8-10H2,1-3H3. The Morgan fingerprint density at radius 1 is 1.24 bits per heavy atom. The summed E-state index contributed by atoms with van der Waals surface area (Å²) >= 11 is 0. The molecule has 0 aliphatic heterocycles. The molecule has 2 heteroatoms. The lowest BCUT2D eigenvalue weighted by Crippen LogP contribution is -2.23. The van der Waals surface area contributed by atoms with Gasteiger partial charge in [0.2, 0.25) is 0 Å². The summed E-state index contributed by atoms with van der Waals surface area (Å²) in [6.45, 7) is 4.43. The molecule has 0 saturated heterocycles. The smallest absolute Gasteiger partial charge is 0.123 e. The maximum atomic E-state index is 6.16. The lowest BCUT2D eigenvalue weighted by atomic mass is 10.0. The molecule has 1 saturated carbocycles. The van der Waals surface area contributed by atoms with Crippen molar-refractivity contribution in [3.63, 3.8) is 0 Å². The van der Waals surface area contributed by atoms with Gasteiger partial charge in [-0.1, -0.05) is 32.0 Å². The topological polar surface area (TPSA) is 21.3 Å². The van der Waals surface area contributed by atoms with Crippen LogP contribution in [-0.2, 0) is 0 Å². The van der Waals surface area contributed by atoms with Crippen LogP contribution in [-0.4, -0.2) is 19.2 Å². The van der Waals surface area contributed by atoms with E-state index in [4.69, 9.17) is 4.74 Å². The van der Waals surface area contributed by atoms with Crippen molar-refractivity contribution in [3.8, 4) is 5.75 Å². The summed E-state index contributed by atoms with van der Waals surface area (Å²) in [5.41, 5.74) is 1.32. The summed E-state index contributed by atoms with van der Waals surface area (Å²) < 4.78 is 6.16. The van der Waals surface area contributed by atoms with Crippen molar-refractivity contribution in [2.45, 2.75) is 51.2 Å². The Morgan fingerprint density at radius 2 is 2.00 bits per heavy atom. The average Bonchev–Trinajstić information content (AvgIpc) is 2.77. The molecule has 1 N–H and O–H groups in total. The predicted octanol–water partition coefficient (Wildman–Crippen LogP) is 3.33. The molecule has 2 rings (SSSR count). The van der Waals surface area contributed by atoms with Gasteiger partial charge in [0.25, 0.3) is 0 Å². The number of hydrogen-bond donors (Lipinski definition) is 1. The molecule has 2 atom stereocenters. The van der Waals surface area contributed by atoms with Crippen molar-refractivity contribution in [3.05, 3.63) is 29.8 Å². The second-order valence-electron chi connectivity index (χ2n) is 5.23. The van der Waals surface area contributed by atoms with E-state index < -0.39 is 0 Å². The zero-order valence-corrected chi connectivity index (χ0v) is 11.1. The van der Waals surface area contributed by atoms with Crippen LogP contribution in [0.25, 0.3) is 0 Å². The monoisotopic (exact) mass is 233 g/mol. The van der Waals surface area contributed by atoms with Gasteiger partial charge >= 0.3 is 0 Å². The van der Waals surface area contributed by atoms with Crippen LogP contribution in [0.4, 0.5) is 0 Å². The Kier molecular flexibility index (Phi) is 4.06. The second-order valence-corrected chi connectivity index (χ2v) is 5.23. The summed E-state index contributed by atoms with van der Waals surface area (Å²) in [7, 11) is 2.04. The third-order valence-electron chi connectivity index (χ3n) is 3.63. The number of ether oxygens (including phenoxy) is 1. The molecular weight excluding hydrogens is 210 g/mol. The van der Waals surface area contributed by atoms with E-state index in [0.717, 1.165) is 18.6 Å². The zero-order valence-electron chi connectivity index (χ0n) is 11.1. The summed E-state index contributed by atoms with van der Waals surface area (Å²) in [6.07, 6.45) is 3.90. The number of hydrogen-bond acceptors (Lipinski definition) is 2. The molecular formula is C15H23NO.